The van der Waals surface area contributed by atoms with E-state index in [1.54, 1.807) is 6.20 Å². The number of pyridine rings is 1. The first-order valence-corrected chi connectivity index (χ1v) is 13.8. The summed E-state index contributed by atoms with van der Waals surface area (Å²) in [7, 11) is 0. The fraction of sp³-hybridized carbons (Fsp3) is 0.233. The lowest BCUT2D eigenvalue weighted by molar-refractivity contribution is -0.116. The number of hydrogen-bond donors (Lipinski definition) is 2. The second-order valence-electron chi connectivity index (χ2n) is 9.63. The highest BCUT2D eigenvalue weighted by Crippen LogP contribution is 2.41. The molecule has 8 heteroatoms. The minimum Gasteiger partial charge on any atom is -0.352 e. The fourth-order valence-electron chi connectivity index (χ4n) is 5.25. The molecule has 0 bridgehead atoms. The second kappa shape index (κ2) is 11.1. The van der Waals surface area contributed by atoms with Gasteiger partial charge in [0.1, 0.15) is 0 Å². The molecule has 0 aliphatic carbocycles. The van der Waals surface area contributed by atoms with E-state index in [9.17, 15) is 4.79 Å². The number of aromatic nitrogens is 2. The minimum atomic E-state index is -0.139. The lowest BCUT2D eigenvalue weighted by Crippen LogP contribution is -2.32. The number of anilines is 1. The molecule has 1 amide bonds. The van der Waals surface area contributed by atoms with Crippen molar-refractivity contribution < 1.29 is 4.79 Å². The van der Waals surface area contributed by atoms with Crippen LogP contribution in [-0.2, 0) is 4.79 Å². The zero-order chi connectivity index (χ0) is 26.8. The number of nitrogens with zero attached hydrogens (tertiary/aromatic N) is 3. The van der Waals surface area contributed by atoms with Crippen molar-refractivity contribution in [1.82, 2.24) is 19.8 Å². The van der Waals surface area contributed by atoms with Gasteiger partial charge >= 0.3 is 0 Å². The molecule has 2 aromatic carbocycles. The molecule has 6 nitrogen and oxygen atoms in total. The molecular formula is C30H30BrN5OS. The summed E-state index contributed by atoms with van der Waals surface area (Å²) in [5.41, 5.74) is 7.33. The van der Waals surface area contributed by atoms with Gasteiger partial charge in [0.15, 0.2) is 5.11 Å². The van der Waals surface area contributed by atoms with Gasteiger partial charge in [0.25, 0.3) is 0 Å². The number of amides is 1. The normalized spacial score (nSPS) is 16.9. The highest BCUT2D eigenvalue weighted by atomic mass is 79.9. The van der Waals surface area contributed by atoms with Gasteiger partial charge in [-0.2, -0.15) is 0 Å². The van der Waals surface area contributed by atoms with E-state index in [2.05, 4.69) is 73.1 Å². The summed E-state index contributed by atoms with van der Waals surface area (Å²) in [6, 6.07) is 24.0. The van der Waals surface area contributed by atoms with E-state index >= 15 is 0 Å². The maximum Gasteiger partial charge on any atom is 0.226 e. The number of aryl methyl sites for hydroxylation is 2. The van der Waals surface area contributed by atoms with Gasteiger partial charge in [-0.15, -0.1) is 0 Å². The minimum absolute atomic E-state index is 0.0435. The number of carbonyl (C=O) groups excluding carboxylic acids is 1. The van der Waals surface area contributed by atoms with E-state index in [-0.39, 0.29) is 18.0 Å². The van der Waals surface area contributed by atoms with E-state index in [1.165, 1.54) is 0 Å². The van der Waals surface area contributed by atoms with Crippen LogP contribution in [0.25, 0.3) is 5.69 Å². The third-order valence-electron chi connectivity index (χ3n) is 6.93. The van der Waals surface area contributed by atoms with Crippen LogP contribution in [0.15, 0.2) is 83.5 Å². The molecule has 0 spiro atoms. The van der Waals surface area contributed by atoms with Crippen LogP contribution in [0.1, 0.15) is 46.7 Å². The van der Waals surface area contributed by atoms with Crippen LogP contribution in [0.2, 0.25) is 0 Å². The van der Waals surface area contributed by atoms with Crippen molar-refractivity contribution in [1.29, 1.82) is 0 Å². The summed E-state index contributed by atoms with van der Waals surface area (Å²) in [4.78, 5) is 19.7. The molecule has 1 aliphatic rings. The Hall–Kier alpha value is -3.49. The van der Waals surface area contributed by atoms with Gasteiger partial charge in [0, 0.05) is 46.4 Å². The Kier molecular flexibility index (Phi) is 7.63. The fourth-order valence-corrected chi connectivity index (χ4v) is 5.97. The molecule has 0 saturated carbocycles. The molecule has 0 radical (unpaired) electrons. The van der Waals surface area contributed by atoms with Crippen molar-refractivity contribution in [2.75, 3.05) is 11.9 Å². The average molecular weight is 589 g/mol. The van der Waals surface area contributed by atoms with Crippen LogP contribution in [0, 0.1) is 20.8 Å². The Morgan fingerprint density at radius 3 is 2.61 bits per heavy atom. The van der Waals surface area contributed by atoms with Crippen molar-refractivity contribution >= 4 is 44.9 Å². The average Bonchev–Trinajstić information content (AvgIpc) is 3.37. The van der Waals surface area contributed by atoms with Crippen LogP contribution in [0.4, 0.5) is 5.69 Å². The lowest BCUT2D eigenvalue weighted by atomic mass is 9.96. The van der Waals surface area contributed by atoms with Crippen molar-refractivity contribution in [3.05, 3.63) is 112 Å². The molecule has 3 heterocycles. The highest BCUT2D eigenvalue weighted by Gasteiger charge is 2.41. The van der Waals surface area contributed by atoms with E-state index in [0.717, 1.165) is 44.1 Å². The largest absolute Gasteiger partial charge is 0.352 e. The Bertz CT molecular complexity index is 1490. The van der Waals surface area contributed by atoms with Crippen LogP contribution in [0.3, 0.4) is 0 Å². The molecule has 2 atom stereocenters. The summed E-state index contributed by atoms with van der Waals surface area (Å²) in [6.45, 7) is 6.76. The number of nitrogens with one attached hydrogen (secondary N) is 2. The number of halogens is 1. The van der Waals surface area contributed by atoms with Crippen molar-refractivity contribution in [3.63, 3.8) is 0 Å². The molecule has 1 saturated heterocycles. The summed E-state index contributed by atoms with van der Waals surface area (Å²) >= 11 is 9.44. The Morgan fingerprint density at radius 2 is 1.87 bits per heavy atom. The zero-order valence-corrected chi connectivity index (χ0v) is 24.0. The SMILES string of the molecule is Cc1cccc(NC(=O)CCN2C(=S)N[C@H](c3ccccn3)[C@@H]2c2cc(C)n(-c3cccc(Br)c3)c2C)c1. The molecule has 4 aromatic rings. The Labute approximate surface area is 237 Å². The first-order valence-electron chi connectivity index (χ1n) is 12.6. The van der Waals surface area contributed by atoms with E-state index in [0.29, 0.717) is 18.1 Å². The number of carbonyl (C=O) groups is 1. The van der Waals surface area contributed by atoms with Gasteiger partial charge in [-0.05, 0) is 92.6 Å². The standard InChI is InChI=1S/C30H30BrN5OS/c1-19-8-6-10-23(16-19)33-27(37)13-15-35-29(28(34-30(35)38)26-12-4-5-14-32-26)25-17-20(2)36(21(25)3)24-11-7-9-22(31)18-24/h4-12,14,16-18,28-29H,13,15H2,1-3H3,(H,33,37)(H,34,38)/t28-,29+/m1/s1. The maximum absolute atomic E-state index is 12.9. The molecule has 2 N–H and O–H groups in total. The van der Waals surface area contributed by atoms with Crippen LogP contribution < -0.4 is 10.6 Å². The van der Waals surface area contributed by atoms with Gasteiger partial charge in [0.05, 0.1) is 17.8 Å². The number of thiocarbonyl (C=S) groups is 1. The maximum atomic E-state index is 12.9. The van der Waals surface area contributed by atoms with E-state index in [4.69, 9.17) is 12.2 Å². The topological polar surface area (TPSA) is 62.2 Å². The van der Waals surface area contributed by atoms with Crippen LogP contribution in [0.5, 0.6) is 0 Å². The molecule has 0 unspecified atom stereocenters. The van der Waals surface area contributed by atoms with Gasteiger partial charge in [-0.25, -0.2) is 0 Å². The second-order valence-corrected chi connectivity index (χ2v) is 10.9. The van der Waals surface area contributed by atoms with E-state index in [1.807, 2.05) is 61.5 Å². The molecule has 38 heavy (non-hydrogen) atoms. The third kappa shape index (κ3) is 5.37. The summed E-state index contributed by atoms with van der Waals surface area (Å²) in [6.07, 6.45) is 2.12. The first-order chi connectivity index (χ1) is 18.3. The number of rotatable bonds is 7. The van der Waals surface area contributed by atoms with Gasteiger partial charge in [0.2, 0.25) is 5.91 Å². The molecule has 1 aliphatic heterocycles. The molecule has 2 aromatic heterocycles. The first kappa shape index (κ1) is 26.1. The zero-order valence-electron chi connectivity index (χ0n) is 21.6. The van der Waals surface area contributed by atoms with Crippen LogP contribution in [-0.4, -0.2) is 32.0 Å². The van der Waals surface area contributed by atoms with Crippen molar-refractivity contribution in [2.45, 2.75) is 39.3 Å². The summed E-state index contributed by atoms with van der Waals surface area (Å²) < 4.78 is 3.29. The number of benzene rings is 2. The van der Waals surface area contributed by atoms with E-state index < -0.39 is 0 Å². The van der Waals surface area contributed by atoms with Crippen molar-refractivity contribution in [2.24, 2.45) is 0 Å². The van der Waals surface area contributed by atoms with Gasteiger partial charge in [-0.1, -0.05) is 40.2 Å². The predicted molar refractivity (Wildman–Crippen MR) is 160 cm³/mol. The summed E-state index contributed by atoms with van der Waals surface area (Å²) in [5, 5.41) is 7.15. The number of hydrogen-bond acceptors (Lipinski definition) is 3. The quantitative estimate of drug-likeness (QED) is 0.240. The van der Waals surface area contributed by atoms with Gasteiger partial charge < -0.3 is 20.1 Å². The highest BCUT2D eigenvalue weighted by molar-refractivity contribution is 9.10. The monoisotopic (exact) mass is 587 g/mol. The van der Waals surface area contributed by atoms with Crippen molar-refractivity contribution in [3.8, 4) is 5.69 Å². The molecule has 1 fully saturated rings. The Morgan fingerprint density at radius 1 is 1.05 bits per heavy atom. The molecule has 194 valence electrons. The predicted octanol–water partition coefficient (Wildman–Crippen LogP) is 6.56. The molecule has 5 rings (SSSR count). The van der Waals surface area contributed by atoms with Gasteiger partial charge in [-0.3, -0.25) is 9.78 Å². The summed E-state index contributed by atoms with van der Waals surface area (Å²) in [5.74, 6) is -0.0435. The Balaban J connectivity index is 1.47. The third-order valence-corrected chi connectivity index (χ3v) is 7.78. The lowest BCUT2D eigenvalue weighted by Gasteiger charge is -2.28. The van der Waals surface area contributed by atoms with Crippen LogP contribution >= 0.6 is 28.1 Å². The molecular weight excluding hydrogens is 558 g/mol. The smallest absolute Gasteiger partial charge is 0.226 e.